The molecule has 1 aromatic carbocycles. The summed E-state index contributed by atoms with van der Waals surface area (Å²) in [6.07, 6.45) is -1.51. The standard InChI is InChI=1S/C33H47N7O14/c1-15(2)26(39-28(48)19(34)12-24(43)44)32(52)40-10-4-5-23(40)31(51)37-21(13-25(45)46)30(50)36-20(11-17-6-8-18(42)9-7-17)29(49)35-16(3)27(47)38-22(14-41)33(53)54/h6-9,15-16,19-23,26,41-42H,4-5,10-14,34H2,1-3H3,(H,35,49)(H,36,50)(H,37,51)(H,38,47)(H,39,48)(H,43,44)(H,45,46)(H,53,54)/t16-,19-,20-,21-,22-,23-,26-/m0/s1. The van der Waals surface area contributed by atoms with Crippen molar-refractivity contribution in [3.63, 3.8) is 0 Å². The van der Waals surface area contributed by atoms with Gasteiger partial charge in [-0.2, -0.15) is 0 Å². The predicted octanol–water partition coefficient (Wildman–Crippen LogP) is -3.62. The van der Waals surface area contributed by atoms with E-state index in [0.29, 0.717) is 12.0 Å². The van der Waals surface area contributed by atoms with Gasteiger partial charge < -0.3 is 62.8 Å². The van der Waals surface area contributed by atoms with Crippen molar-refractivity contribution in [2.75, 3.05) is 13.2 Å². The third kappa shape index (κ3) is 13.3. The molecule has 0 saturated carbocycles. The van der Waals surface area contributed by atoms with E-state index in [1.807, 2.05) is 5.32 Å². The number of aromatic hydroxyl groups is 1. The fourth-order valence-electron chi connectivity index (χ4n) is 5.40. The molecule has 1 fully saturated rings. The van der Waals surface area contributed by atoms with Gasteiger partial charge in [-0.05, 0) is 43.4 Å². The lowest BCUT2D eigenvalue weighted by Crippen LogP contribution is -2.60. The quantitative estimate of drug-likeness (QED) is 0.0610. The Balaban J connectivity index is 2.29. The van der Waals surface area contributed by atoms with Crippen LogP contribution in [0, 0.1) is 5.92 Å². The molecule has 0 aliphatic carbocycles. The first-order valence-electron chi connectivity index (χ1n) is 16.9. The van der Waals surface area contributed by atoms with Crippen LogP contribution < -0.4 is 32.3 Å². The van der Waals surface area contributed by atoms with Gasteiger partial charge in [0.15, 0.2) is 0 Å². The summed E-state index contributed by atoms with van der Waals surface area (Å²) in [5, 5.41) is 58.0. The van der Waals surface area contributed by atoms with Crippen LogP contribution in [-0.4, -0.2) is 139 Å². The molecule has 21 nitrogen and oxygen atoms in total. The Morgan fingerprint density at radius 1 is 0.759 bits per heavy atom. The monoisotopic (exact) mass is 765 g/mol. The van der Waals surface area contributed by atoms with Crippen molar-refractivity contribution < 1.29 is 68.7 Å². The van der Waals surface area contributed by atoms with E-state index in [1.165, 1.54) is 31.2 Å². The number of hydrogen-bond donors (Lipinski definition) is 11. The minimum Gasteiger partial charge on any atom is -0.508 e. The Labute approximate surface area is 309 Å². The van der Waals surface area contributed by atoms with Gasteiger partial charge in [0.25, 0.3) is 0 Å². The Hall–Kier alpha value is -5.83. The molecule has 0 bridgehead atoms. The van der Waals surface area contributed by atoms with Gasteiger partial charge in [0, 0.05) is 13.0 Å². The summed E-state index contributed by atoms with van der Waals surface area (Å²) in [5.74, 6) is -10.7. The summed E-state index contributed by atoms with van der Waals surface area (Å²) in [5.41, 5.74) is 6.04. The van der Waals surface area contributed by atoms with E-state index in [4.69, 9.17) is 15.9 Å². The van der Waals surface area contributed by atoms with Crippen molar-refractivity contribution in [1.82, 2.24) is 31.5 Å². The topological polar surface area (TPSA) is 344 Å². The van der Waals surface area contributed by atoms with Gasteiger partial charge in [0.2, 0.25) is 35.4 Å². The maximum atomic E-state index is 13.6. The molecule has 1 heterocycles. The molecule has 12 N–H and O–H groups in total. The molecule has 298 valence electrons. The number of carbonyl (C=O) groups is 9. The van der Waals surface area contributed by atoms with Crippen molar-refractivity contribution in [2.45, 2.75) is 95.2 Å². The lowest BCUT2D eigenvalue weighted by Gasteiger charge is -2.31. The molecule has 54 heavy (non-hydrogen) atoms. The van der Waals surface area contributed by atoms with Crippen molar-refractivity contribution in [1.29, 1.82) is 0 Å². The number of benzene rings is 1. The molecule has 0 aromatic heterocycles. The number of phenols is 1. The molecule has 2 rings (SSSR count). The Morgan fingerprint density at radius 2 is 1.33 bits per heavy atom. The van der Waals surface area contributed by atoms with Gasteiger partial charge in [0.05, 0.1) is 25.5 Å². The summed E-state index contributed by atoms with van der Waals surface area (Å²) >= 11 is 0. The maximum Gasteiger partial charge on any atom is 0.328 e. The van der Waals surface area contributed by atoms with Crippen LogP contribution in [-0.2, 0) is 49.6 Å². The third-order valence-corrected chi connectivity index (χ3v) is 8.37. The van der Waals surface area contributed by atoms with Crippen LogP contribution in [0.15, 0.2) is 24.3 Å². The largest absolute Gasteiger partial charge is 0.508 e. The molecule has 1 aromatic rings. The second-order valence-corrected chi connectivity index (χ2v) is 13.0. The van der Waals surface area contributed by atoms with E-state index in [2.05, 4.69) is 21.3 Å². The number of carboxylic acids is 3. The number of carboxylic acid groups (broad SMARTS) is 3. The van der Waals surface area contributed by atoms with E-state index < -0.39 is 121 Å². The fourth-order valence-corrected chi connectivity index (χ4v) is 5.40. The molecule has 7 atom stereocenters. The highest BCUT2D eigenvalue weighted by Crippen LogP contribution is 2.21. The smallest absolute Gasteiger partial charge is 0.328 e. The second-order valence-electron chi connectivity index (χ2n) is 13.0. The van der Waals surface area contributed by atoms with Gasteiger partial charge >= 0.3 is 17.9 Å². The average Bonchev–Trinajstić information content (AvgIpc) is 3.59. The number of aliphatic hydroxyl groups excluding tert-OH is 1. The normalized spacial score (nSPS) is 17.1. The van der Waals surface area contributed by atoms with Gasteiger partial charge in [-0.1, -0.05) is 26.0 Å². The number of nitrogens with zero attached hydrogens (tertiary/aromatic N) is 1. The predicted molar refractivity (Wildman–Crippen MR) is 184 cm³/mol. The van der Waals surface area contributed by atoms with E-state index >= 15 is 0 Å². The summed E-state index contributed by atoms with van der Waals surface area (Å²) in [7, 11) is 0. The van der Waals surface area contributed by atoms with Crippen molar-refractivity contribution >= 4 is 53.4 Å². The Morgan fingerprint density at radius 3 is 1.87 bits per heavy atom. The van der Waals surface area contributed by atoms with Gasteiger partial charge in [-0.15, -0.1) is 0 Å². The zero-order valence-corrected chi connectivity index (χ0v) is 29.8. The average molecular weight is 766 g/mol. The third-order valence-electron chi connectivity index (χ3n) is 8.37. The first kappa shape index (κ1) is 44.3. The molecule has 0 unspecified atom stereocenters. The van der Waals surface area contributed by atoms with Gasteiger partial charge in [-0.3, -0.25) is 38.4 Å². The maximum absolute atomic E-state index is 13.6. The minimum atomic E-state index is -1.79. The van der Waals surface area contributed by atoms with Crippen LogP contribution in [0.1, 0.15) is 52.0 Å². The molecule has 0 spiro atoms. The highest BCUT2D eigenvalue weighted by molar-refractivity contribution is 5.98. The highest BCUT2D eigenvalue weighted by atomic mass is 16.4. The molecule has 6 amide bonds. The lowest BCUT2D eigenvalue weighted by atomic mass is 10.0. The first-order valence-corrected chi connectivity index (χ1v) is 16.9. The molecule has 0 radical (unpaired) electrons. The number of aliphatic carboxylic acids is 3. The highest BCUT2D eigenvalue weighted by Gasteiger charge is 2.41. The van der Waals surface area contributed by atoms with Crippen LogP contribution in [0.3, 0.4) is 0 Å². The van der Waals surface area contributed by atoms with Crippen molar-refractivity contribution in [3.05, 3.63) is 29.8 Å². The van der Waals surface area contributed by atoms with E-state index in [0.717, 1.165) is 4.90 Å². The Bertz CT molecular complexity index is 1570. The summed E-state index contributed by atoms with van der Waals surface area (Å²) < 4.78 is 0. The van der Waals surface area contributed by atoms with Crippen LogP contribution in [0.5, 0.6) is 5.75 Å². The van der Waals surface area contributed by atoms with E-state index in [-0.39, 0.29) is 25.1 Å². The number of aliphatic hydroxyl groups is 1. The number of carbonyl (C=O) groups excluding carboxylic acids is 6. The number of nitrogens with two attached hydrogens (primary N) is 1. The number of nitrogens with one attached hydrogen (secondary N) is 5. The first-order chi connectivity index (χ1) is 25.2. The lowest BCUT2D eigenvalue weighted by molar-refractivity contribution is -0.145. The van der Waals surface area contributed by atoms with E-state index in [9.17, 15) is 58.5 Å². The van der Waals surface area contributed by atoms with Crippen LogP contribution in [0.2, 0.25) is 0 Å². The summed E-state index contributed by atoms with van der Waals surface area (Å²) in [4.78, 5) is 114. The zero-order valence-electron chi connectivity index (χ0n) is 29.8. The van der Waals surface area contributed by atoms with Crippen molar-refractivity contribution in [3.8, 4) is 5.75 Å². The molecular formula is C33H47N7O14. The Kier molecular flexibility index (Phi) is 16.8. The minimum absolute atomic E-state index is 0.0547. The molecule has 1 aliphatic rings. The molecule has 1 aliphatic heterocycles. The van der Waals surface area contributed by atoms with Crippen LogP contribution >= 0.6 is 0 Å². The number of likely N-dealkylation sites (tertiary alicyclic amines) is 1. The SMILES string of the molecule is CC(C)[C@H](NC(=O)[C@@H](N)CC(=O)O)C(=O)N1CCC[C@H]1C(=O)N[C@@H](CC(=O)O)C(=O)N[C@@H](Cc1ccc(O)cc1)C(=O)N[C@@H](C)C(=O)N[C@@H](CO)C(=O)O. The van der Waals surface area contributed by atoms with Gasteiger partial charge in [0.1, 0.15) is 42.0 Å². The molecule has 21 heteroatoms. The van der Waals surface area contributed by atoms with Crippen LogP contribution in [0.25, 0.3) is 0 Å². The number of phenolic OH excluding ortho intramolecular Hbond substituents is 1. The molecular weight excluding hydrogens is 718 g/mol. The fraction of sp³-hybridized carbons (Fsp3) is 0.545. The van der Waals surface area contributed by atoms with Crippen molar-refractivity contribution in [2.24, 2.45) is 11.7 Å². The second kappa shape index (κ2) is 20.4. The molecule has 1 saturated heterocycles. The van der Waals surface area contributed by atoms with Gasteiger partial charge in [-0.25, -0.2) is 4.79 Å². The zero-order chi connectivity index (χ0) is 40.9. The number of hydrogen-bond acceptors (Lipinski definition) is 12. The number of amides is 6. The van der Waals surface area contributed by atoms with Crippen LogP contribution in [0.4, 0.5) is 0 Å². The summed E-state index contributed by atoms with van der Waals surface area (Å²) in [6.45, 7) is 3.51. The summed E-state index contributed by atoms with van der Waals surface area (Å²) in [6, 6.07) is -4.83. The number of rotatable bonds is 20. The van der Waals surface area contributed by atoms with E-state index in [1.54, 1.807) is 13.8 Å².